The molecule has 0 unspecified atom stereocenters. The molecule has 1 amide bonds. The van der Waals surface area contributed by atoms with Crippen LogP contribution in [-0.4, -0.2) is 30.0 Å². The standard InChI is InChI=1S/C19H18F3NO5/c20-19(21,22)28-15-7-4-13(5-8-15)6-9-17(24)23-11-14-2-1-3-16(10-14)27-12-18(25)26/h1-5,7-8,10H,6,9,11-12H2,(H,23,24)(H,25,26). The number of benzene rings is 2. The van der Waals surface area contributed by atoms with E-state index >= 15 is 0 Å². The van der Waals surface area contributed by atoms with E-state index in [-0.39, 0.29) is 24.6 Å². The van der Waals surface area contributed by atoms with Gasteiger partial charge in [-0.05, 0) is 41.8 Å². The predicted molar refractivity (Wildman–Crippen MR) is 92.9 cm³/mol. The summed E-state index contributed by atoms with van der Waals surface area (Å²) in [7, 11) is 0. The lowest BCUT2D eigenvalue weighted by Gasteiger charge is -2.10. The molecule has 0 spiro atoms. The Morgan fingerprint density at radius 3 is 2.36 bits per heavy atom. The number of aryl methyl sites for hydroxylation is 1. The molecular weight excluding hydrogens is 379 g/mol. The summed E-state index contributed by atoms with van der Waals surface area (Å²) >= 11 is 0. The van der Waals surface area contributed by atoms with Gasteiger partial charge in [0.05, 0.1) is 0 Å². The van der Waals surface area contributed by atoms with Crippen molar-refractivity contribution < 1.29 is 37.3 Å². The maximum Gasteiger partial charge on any atom is 0.573 e. The van der Waals surface area contributed by atoms with E-state index < -0.39 is 18.9 Å². The number of ether oxygens (including phenoxy) is 2. The molecule has 0 heterocycles. The van der Waals surface area contributed by atoms with Crippen molar-refractivity contribution in [1.29, 1.82) is 0 Å². The molecule has 0 saturated heterocycles. The number of carbonyl (C=O) groups excluding carboxylic acids is 1. The van der Waals surface area contributed by atoms with E-state index in [0.717, 1.165) is 5.56 Å². The summed E-state index contributed by atoms with van der Waals surface area (Å²) in [6.07, 6.45) is -4.22. The fourth-order valence-electron chi connectivity index (χ4n) is 2.30. The second-order valence-corrected chi connectivity index (χ2v) is 5.80. The molecule has 0 bridgehead atoms. The first kappa shape index (κ1) is 21.1. The van der Waals surface area contributed by atoms with Crippen LogP contribution in [0, 0.1) is 0 Å². The Kier molecular flexibility index (Phi) is 7.25. The number of carboxylic acids is 1. The van der Waals surface area contributed by atoms with Gasteiger partial charge in [0.2, 0.25) is 5.91 Å². The average molecular weight is 397 g/mol. The Labute approximate surface area is 158 Å². The summed E-state index contributed by atoms with van der Waals surface area (Å²) in [5.41, 5.74) is 1.44. The molecule has 9 heteroatoms. The first-order valence-electron chi connectivity index (χ1n) is 8.26. The van der Waals surface area contributed by atoms with E-state index in [4.69, 9.17) is 9.84 Å². The molecule has 2 N–H and O–H groups in total. The van der Waals surface area contributed by atoms with Gasteiger partial charge < -0.3 is 19.9 Å². The molecule has 0 atom stereocenters. The molecule has 0 radical (unpaired) electrons. The molecule has 28 heavy (non-hydrogen) atoms. The van der Waals surface area contributed by atoms with E-state index in [0.29, 0.717) is 17.7 Å². The van der Waals surface area contributed by atoms with Crippen molar-refractivity contribution in [3.63, 3.8) is 0 Å². The first-order valence-corrected chi connectivity index (χ1v) is 8.26. The smallest absolute Gasteiger partial charge is 0.482 e. The van der Waals surface area contributed by atoms with Gasteiger partial charge in [0.1, 0.15) is 11.5 Å². The van der Waals surface area contributed by atoms with E-state index in [2.05, 4.69) is 10.1 Å². The average Bonchev–Trinajstić information content (AvgIpc) is 2.63. The van der Waals surface area contributed by atoms with Gasteiger partial charge in [-0.3, -0.25) is 4.79 Å². The Hall–Kier alpha value is -3.23. The van der Waals surface area contributed by atoms with Gasteiger partial charge in [-0.1, -0.05) is 24.3 Å². The number of aliphatic carboxylic acids is 1. The van der Waals surface area contributed by atoms with Crippen LogP contribution < -0.4 is 14.8 Å². The molecule has 2 aromatic carbocycles. The molecule has 0 fully saturated rings. The second kappa shape index (κ2) is 9.63. The van der Waals surface area contributed by atoms with Crippen LogP contribution in [0.3, 0.4) is 0 Å². The lowest BCUT2D eigenvalue weighted by molar-refractivity contribution is -0.274. The molecule has 6 nitrogen and oxygen atoms in total. The number of hydrogen-bond acceptors (Lipinski definition) is 4. The van der Waals surface area contributed by atoms with Gasteiger partial charge >= 0.3 is 12.3 Å². The van der Waals surface area contributed by atoms with Crippen LogP contribution in [0.4, 0.5) is 13.2 Å². The molecule has 0 aliphatic rings. The number of nitrogens with one attached hydrogen (secondary N) is 1. The number of carbonyl (C=O) groups is 2. The van der Waals surface area contributed by atoms with Gasteiger partial charge in [0, 0.05) is 13.0 Å². The van der Waals surface area contributed by atoms with E-state index in [1.165, 1.54) is 24.3 Å². The van der Waals surface area contributed by atoms with Crippen molar-refractivity contribution in [3.05, 3.63) is 59.7 Å². The zero-order chi connectivity index (χ0) is 20.6. The highest BCUT2D eigenvalue weighted by molar-refractivity contribution is 5.76. The molecule has 150 valence electrons. The topological polar surface area (TPSA) is 84.9 Å². The van der Waals surface area contributed by atoms with Crippen LogP contribution in [0.5, 0.6) is 11.5 Å². The van der Waals surface area contributed by atoms with Crippen molar-refractivity contribution in [2.24, 2.45) is 0 Å². The largest absolute Gasteiger partial charge is 0.573 e. The Morgan fingerprint density at radius 2 is 1.71 bits per heavy atom. The number of hydrogen-bond donors (Lipinski definition) is 2. The maximum atomic E-state index is 12.1. The summed E-state index contributed by atoms with van der Waals surface area (Å²) in [6.45, 7) is -0.218. The fraction of sp³-hybridized carbons (Fsp3) is 0.263. The molecule has 0 aliphatic heterocycles. The maximum absolute atomic E-state index is 12.1. The van der Waals surface area contributed by atoms with Crippen LogP contribution in [0.2, 0.25) is 0 Å². The number of amides is 1. The molecule has 0 aliphatic carbocycles. The monoisotopic (exact) mass is 397 g/mol. The molecule has 0 aromatic heterocycles. The molecule has 2 aromatic rings. The minimum Gasteiger partial charge on any atom is -0.482 e. The quantitative estimate of drug-likeness (QED) is 0.678. The van der Waals surface area contributed by atoms with Crippen molar-refractivity contribution in [1.82, 2.24) is 5.32 Å². The second-order valence-electron chi connectivity index (χ2n) is 5.80. The summed E-state index contributed by atoms with van der Waals surface area (Å²) in [4.78, 5) is 22.5. The number of rotatable bonds is 9. The summed E-state index contributed by atoms with van der Waals surface area (Å²) in [5, 5.41) is 11.3. The molecular formula is C19H18F3NO5. The van der Waals surface area contributed by atoms with Crippen molar-refractivity contribution in [2.45, 2.75) is 25.7 Å². The van der Waals surface area contributed by atoms with Crippen LogP contribution in [0.15, 0.2) is 48.5 Å². The van der Waals surface area contributed by atoms with Crippen molar-refractivity contribution in [3.8, 4) is 11.5 Å². The SMILES string of the molecule is O=C(O)COc1cccc(CNC(=O)CCc2ccc(OC(F)(F)F)cc2)c1. The highest BCUT2D eigenvalue weighted by Crippen LogP contribution is 2.23. The minimum atomic E-state index is -4.74. The van der Waals surface area contributed by atoms with Gasteiger partial charge in [0.25, 0.3) is 0 Å². The third-order valence-corrected chi connectivity index (χ3v) is 3.55. The summed E-state index contributed by atoms with van der Waals surface area (Å²) < 4.78 is 45.2. The minimum absolute atomic E-state index is 0.161. The number of halogens is 3. The van der Waals surface area contributed by atoms with Crippen molar-refractivity contribution >= 4 is 11.9 Å². The Bertz CT molecular complexity index is 806. The lowest BCUT2D eigenvalue weighted by atomic mass is 10.1. The van der Waals surface area contributed by atoms with Crippen LogP contribution in [-0.2, 0) is 22.6 Å². The third-order valence-electron chi connectivity index (χ3n) is 3.55. The van der Waals surface area contributed by atoms with Crippen molar-refractivity contribution in [2.75, 3.05) is 6.61 Å². The number of carboxylic acid groups (broad SMARTS) is 1. The highest BCUT2D eigenvalue weighted by atomic mass is 19.4. The van der Waals surface area contributed by atoms with Crippen LogP contribution in [0.25, 0.3) is 0 Å². The van der Waals surface area contributed by atoms with Crippen LogP contribution in [0.1, 0.15) is 17.5 Å². The zero-order valence-corrected chi connectivity index (χ0v) is 14.7. The normalized spacial score (nSPS) is 11.0. The van der Waals surface area contributed by atoms with Gasteiger partial charge in [-0.15, -0.1) is 13.2 Å². The predicted octanol–water partition coefficient (Wildman–Crippen LogP) is 3.30. The fourth-order valence-corrected chi connectivity index (χ4v) is 2.30. The first-order chi connectivity index (χ1) is 13.2. The van der Waals surface area contributed by atoms with E-state index in [9.17, 15) is 22.8 Å². The zero-order valence-electron chi connectivity index (χ0n) is 14.7. The van der Waals surface area contributed by atoms with E-state index in [1.54, 1.807) is 24.3 Å². The van der Waals surface area contributed by atoms with Gasteiger partial charge in [-0.25, -0.2) is 4.79 Å². The van der Waals surface area contributed by atoms with E-state index in [1.807, 2.05) is 0 Å². The third kappa shape index (κ3) is 7.98. The Balaban J connectivity index is 1.77. The molecule has 2 rings (SSSR count). The van der Waals surface area contributed by atoms with Gasteiger partial charge in [0.15, 0.2) is 6.61 Å². The Morgan fingerprint density at radius 1 is 1.00 bits per heavy atom. The highest BCUT2D eigenvalue weighted by Gasteiger charge is 2.30. The lowest BCUT2D eigenvalue weighted by Crippen LogP contribution is -2.23. The number of alkyl halides is 3. The molecule has 0 saturated carbocycles. The van der Waals surface area contributed by atoms with Crippen LogP contribution >= 0.6 is 0 Å². The summed E-state index contributed by atoms with van der Waals surface area (Å²) in [5.74, 6) is -1.25. The summed E-state index contributed by atoms with van der Waals surface area (Å²) in [6, 6.07) is 12.0. The van der Waals surface area contributed by atoms with Gasteiger partial charge in [-0.2, -0.15) is 0 Å².